The number of nitrogens with zero attached hydrogens (tertiary/aromatic N) is 4. The Morgan fingerprint density at radius 3 is 2.97 bits per heavy atom. The lowest BCUT2D eigenvalue weighted by atomic mass is 10.0. The van der Waals surface area contributed by atoms with Gasteiger partial charge in [0.1, 0.15) is 11.8 Å². The van der Waals surface area contributed by atoms with Crippen LogP contribution in [0.25, 0.3) is 22.8 Å². The van der Waals surface area contributed by atoms with Gasteiger partial charge in [0, 0.05) is 11.1 Å². The molecule has 8 heteroatoms. The van der Waals surface area contributed by atoms with Crippen molar-refractivity contribution >= 4 is 5.91 Å². The Hall–Kier alpha value is -3.70. The van der Waals surface area contributed by atoms with Gasteiger partial charge in [0.15, 0.2) is 0 Å². The molecule has 0 unspecified atom stereocenters. The van der Waals surface area contributed by atoms with Crippen LogP contribution in [0.15, 0.2) is 40.9 Å². The monoisotopic (exact) mass is 403 g/mol. The highest BCUT2D eigenvalue weighted by Gasteiger charge is 2.27. The molecular weight excluding hydrogens is 382 g/mol. The molecule has 1 aromatic heterocycles. The predicted octanol–water partition coefficient (Wildman–Crippen LogP) is 2.65. The summed E-state index contributed by atoms with van der Waals surface area (Å²) in [6, 6.07) is 12.4. The smallest absolute Gasteiger partial charge is 0.258 e. The summed E-state index contributed by atoms with van der Waals surface area (Å²) < 4.78 is 5.41. The van der Waals surface area contributed by atoms with E-state index in [1.807, 2.05) is 43.3 Å². The third-order valence-electron chi connectivity index (χ3n) is 5.10. The third kappa shape index (κ3) is 3.75. The van der Waals surface area contributed by atoms with E-state index in [2.05, 4.69) is 15.5 Å². The minimum atomic E-state index is -0.0933. The van der Waals surface area contributed by atoms with Gasteiger partial charge in [-0.3, -0.25) is 4.79 Å². The Morgan fingerprint density at radius 2 is 2.20 bits per heavy atom. The zero-order chi connectivity index (χ0) is 21.3. The molecule has 152 valence electrons. The van der Waals surface area contributed by atoms with Crippen LogP contribution in [0.5, 0.6) is 5.75 Å². The number of benzene rings is 2. The lowest BCUT2D eigenvalue weighted by molar-refractivity contribution is -0.122. The number of nitrogens with one attached hydrogen (secondary N) is 1. The average molecular weight is 403 g/mol. The van der Waals surface area contributed by atoms with Crippen LogP contribution < -0.4 is 5.32 Å². The molecule has 1 heterocycles. The van der Waals surface area contributed by atoms with E-state index in [1.54, 1.807) is 6.07 Å². The van der Waals surface area contributed by atoms with Crippen LogP contribution in [0, 0.1) is 11.3 Å². The fourth-order valence-electron chi connectivity index (χ4n) is 3.75. The van der Waals surface area contributed by atoms with E-state index in [1.165, 1.54) is 12.1 Å². The second-order valence-corrected chi connectivity index (χ2v) is 7.54. The maximum Gasteiger partial charge on any atom is 0.258 e. The largest absolute Gasteiger partial charge is 0.507 e. The van der Waals surface area contributed by atoms with E-state index in [0.717, 1.165) is 29.5 Å². The van der Waals surface area contributed by atoms with Crippen LogP contribution in [0.4, 0.5) is 0 Å². The number of phenols is 1. The molecule has 0 bridgehead atoms. The second-order valence-electron chi connectivity index (χ2n) is 7.54. The van der Waals surface area contributed by atoms with E-state index in [-0.39, 0.29) is 29.2 Å². The molecule has 0 fully saturated rings. The van der Waals surface area contributed by atoms with Crippen LogP contribution in [-0.4, -0.2) is 46.7 Å². The van der Waals surface area contributed by atoms with E-state index in [4.69, 9.17) is 9.78 Å². The zero-order valence-corrected chi connectivity index (χ0v) is 16.7. The van der Waals surface area contributed by atoms with Gasteiger partial charge in [-0.25, -0.2) is 0 Å². The Labute approximate surface area is 173 Å². The average Bonchev–Trinajstić information content (AvgIpc) is 3.35. The lowest BCUT2D eigenvalue weighted by Gasteiger charge is -2.16. The Morgan fingerprint density at radius 1 is 1.37 bits per heavy atom. The molecule has 2 N–H and O–H groups in total. The first-order chi connectivity index (χ1) is 14.5. The molecule has 1 atom stereocenters. The zero-order valence-electron chi connectivity index (χ0n) is 16.7. The fourth-order valence-corrected chi connectivity index (χ4v) is 3.75. The van der Waals surface area contributed by atoms with Crippen molar-refractivity contribution < 1.29 is 14.4 Å². The summed E-state index contributed by atoms with van der Waals surface area (Å²) in [6.45, 7) is 0.344. The molecule has 0 radical (unpaired) electrons. The van der Waals surface area contributed by atoms with Gasteiger partial charge < -0.3 is 19.8 Å². The number of phenolic OH excluding ortho intramolecular Hbond substituents is 1. The molecule has 4 rings (SSSR count). The highest BCUT2D eigenvalue weighted by atomic mass is 16.5. The number of carbonyl (C=O) groups excluding carboxylic acids is 1. The highest BCUT2D eigenvalue weighted by molar-refractivity contribution is 5.79. The first-order valence-corrected chi connectivity index (χ1v) is 9.59. The summed E-state index contributed by atoms with van der Waals surface area (Å²) >= 11 is 0. The van der Waals surface area contributed by atoms with Crippen molar-refractivity contribution in [3.8, 4) is 34.7 Å². The molecule has 3 aromatic rings. The first-order valence-electron chi connectivity index (χ1n) is 9.59. The minimum absolute atomic E-state index is 0.00859. The van der Waals surface area contributed by atoms with Crippen molar-refractivity contribution in [1.29, 1.82) is 5.26 Å². The summed E-state index contributed by atoms with van der Waals surface area (Å²) in [5.74, 6) is 0.622. The van der Waals surface area contributed by atoms with Crippen molar-refractivity contribution in [2.75, 3.05) is 20.6 Å². The standard InChI is InChI=1S/C22H21N5O3/c1-27(2)12-20(29)24-18-8-7-15-16(18)4-3-5-17(15)21-25-22(30-26-21)13-6-9-19(28)14(10-13)11-23/h3-6,9-10,18,28H,7-8,12H2,1-2H3,(H,24,29)/t18-/m0/s1. The number of fused-ring (bicyclic) bond motifs is 1. The van der Waals surface area contributed by atoms with Crippen LogP contribution in [0.3, 0.4) is 0 Å². The van der Waals surface area contributed by atoms with Gasteiger partial charge >= 0.3 is 0 Å². The fraction of sp³-hybridized carbons (Fsp3) is 0.273. The van der Waals surface area contributed by atoms with E-state index >= 15 is 0 Å². The molecule has 1 amide bonds. The number of hydrogen-bond donors (Lipinski definition) is 2. The number of nitriles is 1. The number of carbonyl (C=O) groups is 1. The molecule has 2 aromatic carbocycles. The van der Waals surface area contributed by atoms with Gasteiger partial charge in [-0.1, -0.05) is 23.4 Å². The highest BCUT2D eigenvalue weighted by Crippen LogP contribution is 2.37. The van der Waals surface area contributed by atoms with E-state index < -0.39 is 0 Å². The molecule has 1 aliphatic rings. The predicted molar refractivity (Wildman–Crippen MR) is 109 cm³/mol. The maximum absolute atomic E-state index is 12.2. The molecular formula is C22H21N5O3. The van der Waals surface area contributed by atoms with Gasteiger partial charge in [0.2, 0.25) is 11.7 Å². The van der Waals surface area contributed by atoms with Gasteiger partial charge in [-0.2, -0.15) is 10.2 Å². The Balaban J connectivity index is 1.61. The van der Waals surface area contributed by atoms with Crippen molar-refractivity contribution in [3.63, 3.8) is 0 Å². The maximum atomic E-state index is 12.2. The summed E-state index contributed by atoms with van der Waals surface area (Å²) in [5.41, 5.74) is 3.74. The first kappa shape index (κ1) is 19.6. The molecule has 0 saturated heterocycles. The van der Waals surface area contributed by atoms with Crippen molar-refractivity contribution in [2.45, 2.75) is 18.9 Å². The second kappa shape index (κ2) is 7.97. The van der Waals surface area contributed by atoms with E-state index in [0.29, 0.717) is 17.9 Å². The summed E-state index contributed by atoms with van der Waals surface area (Å²) in [6.07, 6.45) is 1.62. The molecule has 0 saturated carbocycles. The lowest BCUT2D eigenvalue weighted by Crippen LogP contribution is -2.35. The quantitative estimate of drug-likeness (QED) is 0.673. The third-order valence-corrected chi connectivity index (χ3v) is 5.10. The molecule has 0 aliphatic heterocycles. The topological polar surface area (TPSA) is 115 Å². The van der Waals surface area contributed by atoms with Gasteiger partial charge in [0.05, 0.1) is 18.2 Å². The van der Waals surface area contributed by atoms with Gasteiger partial charge in [-0.15, -0.1) is 0 Å². The number of aromatic hydroxyl groups is 1. The number of rotatable bonds is 5. The SMILES string of the molecule is CN(C)CC(=O)N[C@H]1CCc2c(-c3noc(-c4ccc(O)c(C#N)c4)n3)cccc21. The molecule has 30 heavy (non-hydrogen) atoms. The molecule has 1 aliphatic carbocycles. The normalized spacial score (nSPS) is 15.1. The molecule has 0 spiro atoms. The van der Waals surface area contributed by atoms with Gasteiger partial charge in [-0.05, 0) is 56.3 Å². The van der Waals surface area contributed by atoms with Crippen LogP contribution in [0.1, 0.15) is 29.2 Å². The summed E-state index contributed by atoms with van der Waals surface area (Å²) in [5, 5.41) is 26.0. The number of amides is 1. The van der Waals surface area contributed by atoms with Crippen molar-refractivity contribution in [3.05, 3.63) is 53.1 Å². The van der Waals surface area contributed by atoms with Crippen LogP contribution in [-0.2, 0) is 11.2 Å². The number of aromatic nitrogens is 2. The van der Waals surface area contributed by atoms with Crippen LogP contribution >= 0.6 is 0 Å². The molecule has 8 nitrogen and oxygen atoms in total. The summed E-state index contributed by atoms with van der Waals surface area (Å²) in [4.78, 5) is 18.5. The Kier molecular flexibility index (Phi) is 5.21. The minimum Gasteiger partial charge on any atom is -0.507 e. The van der Waals surface area contributed by atoms with Gasteiger partial charge in [0.25, 0.3) is 5.89 Å². The Bertz CT molecular complexity index is 1150. The number of likely N-dealkylation sites (N-methyl/N-ethyl adjacent to an activating group) is 1. The van der Waals surface area contributed by atoms with Crippen LogP contribution in [0.2, 0.25) is 0 Å². The number of hydrogen-bond acceptors (Lipinski definition) is 7. The van der Waals surface area contributed by atoms with Crippen molar-refractivity contribution in [2.24, 2.45) is 0 Å². The summed E-state index contributed by atoms with van der Waals surface area (Å²) in [7, 11) is 3.73. The van der Waals surface area contributed by atoms with E-state index in [9.17, 15) is 9.90 Å². The van der Waals surface area contributed by atoms with Crippen molar-refractivity contribution in [1.82, 2.24) is 20.4 Å².